The van der Waals surface area contributed by atoms with Crippen molar-refractivity contribution in [1.82, 2.24) is 15.2 Å². The topological polar surface area (TPSA) is 113 Å². The molecule has 6 rings (SSSR count). The summed E-state index contributed by atoms with van der Waals surface area (Å²) in [7, 11) is 0. The van der Waals surface area contributed by atoms with E-state index in [1.807, 2.05) is 5.38 Å². The Balaban J connectivity index is 1.40. The van der Waals surface area contributed by atoms with E-state index in [9.17, 15) is 19.1 Å². The van der Waals surface area contributed by atoms with Gasteiger partial charge in [-0.05, 0) is 25.3 Å². The van der Waals surface area contributed by atoms with E-state index in [2.05, 4.69) is 15.2 Å². The number of carboxylic acid groups (broad SMARTS) is 1. The highest BCUT2D eigenvalue weighted by molar-refractivity contribution is 7.11. The second-order valence-corrected chi connectivity index (χ2v) is 11.2. The van der Waals surface area contributed by atoms with Gasteiger partial charge in [-0.25, -0.2) is 14.2 Å². The van der Waals surface area contributed by atoms with Crippen LogP contribution in [-0.2, 0) is 19.1 Å². The Morgan fingerprint density at radius 2 is 2.24 bits per heavy atom. The number of nitrogens with one attached hydrogen (secondary N) is 1. The molecule has 2 saturated heterocycles. The normalized spacial score (nSPS) is 29.9. The van der Waals surface area contributed by atoms with Crippen molar-refractivity contribution in [3.63, 3.8) is 0 Å². The molecule has 3 fully saturated rings. The smallest absolute Gasteiger partial charge is 0.338 e. The second-order valence-electron chi connectivity index (χ2n) is 9.96. The number of benzene rings is 1. The number of likely N-dealkylation sites (tertiary alicyclic amines) is 1. The molecule has 0 bridgehead atoms. The number of aliphatic imine (C=N–C) groups is 1. The lowest BCUT2D eigenvalue weighted by atomic mass is 9.46. The van der Waals surface area contributed by atoms with Gasteiger partial charge in [-0.3, -0.25) is 14.7 Å². The number of carboxylic acids is 1. The molecule has 4 heterocycles. The molecule has 0 amide bonds. The molecule has 1 saturated carbocycles. The van der Waals surface area contributed by atoms with E-state index < -0.39 is 23.8 Å². The summed E-state index contributed by atoms with van der Waals surface area (Å²) in [6.07, 6.45) is 2.54. The summed E-state index contributed by atoms with van der Waals surface area (Å²) in [5.41, 5.74) is 1.03. The van der Waals surface area contributed by atoms with Gasteiger partial charge in [0.25, 0.3) is 0 Å². The number of hydrogen-bond acceptors (Lipinski definition) is 9. The van der Waals surface area contributed by atoms with Gasteiger partial charge in [-0.15, -0.1) is 11.3 Å². The Hall–Kier alpha value is -2.86. The number of amidine groups is 1. The fourth-order valence-electron chi connectivity index (χ4n) is 6.57. The molecular formula is C26H26ClFN4O5S. The molecule has 1 unspecified atom stereocenters. The molecule has 12 heteroatoms. The van der Waals surface area contributed by atoms with Gasteiger partial charge in [-0.1, -0.05) is 23.7 Å². The van der Waals surface area contributed by atoms with Crippen LogP contribution in [-0.4, -0.2) is 71.2 Å². The third-order valence-corrected chi connectivity index (χ3v) is 9.41. The van der Waals surface area contributed by atoms with Crippen molar-refractivity contribution in [2.45, 2.75) is 37.9 Å². The third-order valence-electron chi connectivity index (χ3n) is 8.23. The number of carbonyl (C=O) groups is 2. The minimum atomic E-state index is -0.903. The summed E-state index contributed by atoms with van der Waals surface area (Å²) in [6, 6.07) is 3.74. The van der Waals surface area contributed by atoms with Gasteiger partial charge in [0.15, 0.2) is 10.8 Å². The lowest BCUT2D eigenvalue weighted by molar-refractivity contribution is -0.222. The van der Waals surface area contributed by atoms with Crippen LogP contribution < -0.4 is 5.32 Å². The number of ether oxygens (including phenoxy) is 2. The average molecular weight is 561 g/mol. The molecule has 9 nitrogen and oxygen atoms in total. The maximum absolute atomic E-state index is 14.5. The zero-order chi connectivity index (χ0) is 26.6. The number of halogens is 2. The van der Waals surface area contributed by atoms with Gasteiger partial charge in [0.2, 0.25) is 0 Å². The number of piperidine rings is 1. The minimum Gasteiger partial charge on any atom is -0.481 e. The Bertz CT molecular complexity index is 1350. The van der Waals surface area contributed by atoms with Crippen molar-refractivity contribution in [1.29, 1.82) is 0 Å². The number of nitrogens with zero attached hydrogens (tertiary/aromatic N) is 3. The number of rotatable bonds is 8. The van der Waals surface area contributed by atoms with Crippen LogP contribution in [0.2, 0.25) is 5.02 Å². The molecule has 38 heavy (non-hydrogen) atoms. The molecule has 200 valence electrons. The summed E-state index contributed by atoms with van der Waals surface area (Å²) >= 11 is 7.78. The number of aliphatic carboxylic acids is 1. The van der Waals surface area contributed by atoms with Crippen molar-refractivity contribution in [2.24, 2.45) is 16.3 Å². The van der Waals surface area contributed by atoms with Gasteiger partial charge in [-0.2, -0.15) is 0 Å². The maximum Gasteiger partial charge on any atom is 0.338 e. The van der Waals surface area contributed by atoms with Crippen LogP contribution in [0.4, 0.5) is 4.39 Å². The average Bonchev–Trinajstić information content (AvgIpc) is 3.57. The quantitative estimate of drug-likeness (QED) is 0.472. The van der Waals surface area contributed by atoms with Gasteiger partial charge in [0.1, 0.15) is 11.9 Å². The van der Waals surface area contributed by atoms with Gasteiger partial charge in [0, 0.05) is 53.3 Å². The standard InChI is InChI=1S/C26H26ClFN4O5S/c1-2-37-25(35)20-16(10-32-17-8-13(9-19(33)34)26(17)12-36-11-18(26)32)30-23(24-29-6-7-38-24)31-22(20)14-4-3-5-15(28)21(14)27/h3-7,13,17-18,22H,2,8-12H2,1H3,(H,30,31)(H,33,34)/t13-,17+,18+,22-,26?/m0/s1. The van der Waals surface area contributed by atoms with Crippen LogP contribution >= 0.6 is 22.9 Å². The van der Waals surface area contributed by atoms with E-state index in [0.717, 1.165) is 6.42 Å². The van der Waals surface area contributed by atoms with E-state index in [4.69, 9.17) is 26.1 Å². The maximum atomic E-state index is 14.5. The number of aromatic nitrogens is 1. The summed E-state index contributed by atoms with van der Waals surface area (Å²) < 4.78 is 25.8. The monoisotopic (exact) mass is 560 g/mol. The van der Waals surface area contributed by atoms with Crippen molar-refractivity contribution in [3.05, 3.63) is 62.5 Å². The first-order valence-electron chi connectivity index (χ1n) is 12.5. The molecule has 1 aromatic heterocycles. The van der Waals surface area contributed by atoms with E-state index in [1.165, 1.54) is 23.5 Å². The van der Waals surface area contributed by atoms with E-state index >= 15 is 0 Å². The molecule has 0 radical (unpaired) electrons. The number of esters is 1. The second kappa shape index (κ2) is 9.71. The lowest BCUT2D eigenvalue weighted by Crippen LogP contribution is -2.80. The lowest BCUT2D eigenvalue weighted by Gasteiger charge is -2.71. The van der Waals surface area contributed by atoms with Crippen LogP contribution in [0, 0.1) is 17.2 Å². The predicted molar refractivity (Wildman–Crippen MR) is 137 cm³/mol. The van der Waals surface area contributed by atoms with Crippen LogP contribution in [0.15, 0.2) is 46.0 Å². The zero-order valence-corrected chi connectivity index (χ0v) is 22.1. The first-order chi connectivity index (χ1) is 18.3. The SMILES string of the molecule is CCOC(=O)C1=C(CN2[C@@H]3COCC34[C@H](CC(=O)O)C[C@@H]24)NC(c2nccs2)=N[C@H]1c1cccc(F)c1Cl. The number of carbonyl (C=O) groups excluding carboxylic acids is 1. The Morgan fingerprint density at radius 1 is 1.39 bits per heavy atom. The summed E-state index contributed by atoms with van der Waals surface area (Å²) in [5, 5.41) is 15.0. The highest BCUT2D eigenvalue weighted by Crippen LogP contribution is 2.65. The van der Waals surface area contributed by atoms with E-state index in [0.29, 0.717) is 41.9 Å². The van der Waals surface area contributed by atoms with Gasteiger partial charge < -0.3 is 19.9 Å². The number of thiazole rings is 1. The van der Waals surface area contributed by atoms with Gasteiger partial charge >= 0.3 is 11.9 Å². The first kappa shape index (κ1) is 25.4. The zero-order valence-electron chi connectivity index (χ0n) is 20.5. The van der Waals surface area contributed by atoms with E-state index in [-0.39, 0.29) is 47.0 Å². The fourth-order valence-corrected chi connectivity index (χ4v) is 7.39. The van der Waals surface area contributed by atoms with E-state index in [1.54, 1.807) is 19.2 Å². The summed E-state index contributed by atoms with van der Waals surface area (Å²) in [5.74, 6) is -1.44. The van der Waals surface area contributed by atoms with Crippen molar-refractivity contribution in [2.75, 3.05) is 26.4 Å². The van der Waals surface area contributed by atoms with Crippen molar-refractivity contribution < 1.29 is 28.6 Å². The molecule has 1 aromatic carbocycles. The molecule has 2 N–H and O–H groups in total. The molecule has 2 aromatic rings. The van der Waals surface area contributed by atoms with Crippen LogP contribution in [0.5, 0.6) is 0 Å². The first-order valence-corrected chi connectivity index (χ1v) is 13.7. The summed E-state index contributed by atoms with van der Waals surface area (Å²) in [6.45, 7) is 3.29. The third kappa shape index (κ3) is 3.86. The predicted octanol–water partition coefficient (Wildman–Crippen LogP) is 3.41. The highest BCUT2D eigenvalue weighted by atomic mass is 35.5. The molecule has 1 aliphatic carbocycles. The Labute approximate surface area is 227 Å². The Morgan fingerprint density at radius 3 is 2.97 bits per heavy atom. The molecule has 4 aliphatic rings. The molecular weight excluding hydrogens is 535 g/mol. The van der Waals surface area contributed by atoms with Crippen LogP contribution in [0.3, 0.4) is 0 Å². The number of hydrogen-bond donors (Lipinski definition) is 2. The van der Waals surface area contributed by atoms with Gasteiger partial charge in [0.05, 0.1) is 30.4 Å². The molecule has 5 atom stereocenters. The Kier molecular flexibility index (Phi) is 6.50. The fraction of sp³-hybridized carbons (Fsp3) is 0.462. The molecule has 3 aliphatic heterocycles. The summed E-state index contributed by atoms with van der Waals surface area (Å²) in [4.78, 5) is 36.2. The van der Waals surface area contributed by atoms with Crippen LogP contribution in [0.1, 0.15) is 36.4 Å². The molecule has 1 spiro atoms. The van der Waals surface area contributed by atoms with Crippen LogP contribution in [0.25, 0.3) is 0 Å². The van der Waals surface area contributed by atoms with Crippen molar-refractivity contribution in [3.8, 4) is 0 Å². The minimum absolute atomic E-state index is 0.0433. The largest absolute Gasteiger partial charge is 0.481 e. The highest BCUT2D eigenvalue weighted by Gasteiger charge is 2.73. The van der Waals surface area contributed by atoms with Crippen molar-refractivity contribution >= 4 is 40.7 Å².